The van der Waals surface area contributed by atoms with Crippen LogP contribution in [0.5, 0.6) is 0 Å². The van der Waals surface area contributed by atoms with Crippen molar-refractivity contribution in [1.29, 1.82) is 0 Å². The van der Waals surface area contributed by atoms with Crippen LogP contribution in [0.25, 0.3) is 16.9 Å². The summed E-state index contributed by atoms with van der Waals surface area (Å²) in [6, 6.07) is 6.38. The second-order valence-electron chi connectivity index (χ2n) is 8.51. The number of benzene rings is 1. The van der Waals surface area contributed by atoms with Gasteiger partial charge in [0, 0.05) is 10.5 Å². The van der Waals surface area contributed by atoms with Gasteiger partial charge in [0.25, 0.3) is 0 Å². The van der Waals surface area contributed by atoms with Gasteiger partial charge in [0.2, 0.25) is 0 Å². The number of aryl methyl sites for hydroxylation is 1. The maximum Gasteiger partial charge on any atom is 0.197 e. The number of aliphatic hydroxyl groups excluding tert-OH is 1. The van der Waals surface area contributed by atoms with Crippen LogP contribution in [0.15, 0.2) is 35.6 Å². The fourth-order valence-corrected chi connectivity index (χ4v) is 5.43. The Morgan fingerprint density at radius 1 is 1.27 bits per heavy atom. The lowest BCUT2D eigenvalue weighted by atomic mass is 9.70. The molecule has 0 amide bonds. The topological polar surface area (TPSA) is 111 Å². The summed E-state index contributed by atoms with van der Waals surface area (Å²) in [5, 5.41) is 14.4. The average Bonchev–Trinajstić information content (AvgIpc) is 3.20. The monoisotopic (exact) mass is 426 g/mol. The second-order valence-corrected chi connectivity index (χ2v) is 9.39. The standard InChI is InChI=1S/C21H26N6O2S/c1-13-3-4-15(9-16(13)17-10-23-19-18(22)24-12-25-27(17)19)30-26-20-5-7-21(8-6-20,14(2)28)29-11-20/h3-4,9-10,12,14,26,28H,5-8,11H2,1-2H3,(H2,22,24,25). The molecule has 1 unspecified atom stereocenters. The van der Waals surface area contributed by atoms with E-state index in [4.69, 9.17) is 10.5 Å². The molecular formula is C21H26N6O2S. The van der Waals surface area contributed by atoms with E-state index in [9.17, 15) is 5.11 Å². The summed E-state index contributed by atoms with van der Waals surface area (Å²) in [5.41, 5.74) is 9.18. The molecule has 2 aromatic heterocycles. The molecule has 2 aliphatic heterocycles. The Bertz CT molecular complexity index is 1070. The van der Waals surface area contributed by atoms with Gasteiger partial charge in [0.1, 0.15) is 6.33 Å². The smallest absolute Gasteiger partial charge is 0.197 e. The zero-order valence-corrected chi connectivity index (χ0v) is 17.9. The number of nitrogen functional groups attached to an aromatic ring is 1. The first-order valence-electron chi connectivity index (χ1n) is 10.2. The van der Waals surface area contributed by atoms with E-state index < -0.39 is 6.10 Å². The van der Waals surface area contributed by atoms with Gasteiger partial charge in [-0.1, -0.05) is 6.07 Å². The Hall–Kier alpha value is -2.20. The highest BCUT2D eigenvalue weighted by Crippen LogP contribution is 2.46. The third kappa shape index (κ3) is 3.17. The summed E-state index contributed by atoms with van der Waals surface area (Å²) in [6.45, 7) is 4.55. The van der Waals surface area contributed by atoms with Crippen LogP contribution >= 0.6 is 11.9 Å². The molecule has 0 radical (unpaired) electrons. The normalized spacial score (nSPS) is 26.9. The van der Waals surface area contributed by atoms with Crippen molar-refractivity contribution < 1.29 is 9.84 Å². The molecule has 3 aromatic rings. The highest BCUT2D eigenvalue weighted by atomic mass is 32.2. The van der Waals surface area contributed by atoms with Crippen molar-refractivity contribution in [3.63, 3.8) is 0 Å². The van der Waals surface area contributed by atoms with Gasteiger partial charge in [-0.25, -0.2) is 14.5 Å². The molecule has 3 fully saturated rings. The number of aliphatic hydroxyl groups is 1. The Kier molecular flexibility index (Phi) is 4.73. The molecule has 3 aliphatic rings. The van der Waals surface area contributed by atoms with E-state index in [2.05, 4.69) is 44.9 Å². The molecule has 1 atom stereocenters. The number of aromatic nitrogens is 4. The van der Waals surface area contributed by atoms with E-state index in [1.165, 1.54) is 6.33 Å². The van der Waals surface area contributed by atoms with Crippen molar-refractivity contribution in [2.45, 2.75) is 61.7 Å². The highest BCUT2D eigenvalue weighted by molar-refractivity contribution is 7.97. The maximum absolute atomic E-state index is 10.1. The molecule has 1 saturated carbocycles. The van der Waals surface area contributed by atoms with E-state index in [1.807, 2.05) is 6.92 Å². The quantitative estimate of drug-likeness (QED) is 0.534. The number of imidazole rings is 1. The summed E-state index contributed by atoms with van der Waals surface area (Å²) < 4.78 is 11.5. The highest BCUT2D eigenvalue weighted by Gasteiger charge is 2.52. The first-order chi connectivity index (χ1) is 14.4. The lowest BCUT2D eigenvalue weighted by Crippen LogP contribution is -2.63. The number of hydrogen-bond acceptors (Lipinski definition) is 8. The first-order valence-corrected chi connectivity index (χ1v) is 11.0. The first kappa shape index (κ1) is 19.7. The average molecular weight is 427 g/mol. The van der Waals surface area contributed by atoms with Gasteiger partial charge >= 0.3 is 0 Å². The predicted octanol–water partition coefficient (Wildman–Crippen LogP) is 2.74. The minimum absolute atomic E-state index is 0.0443. The SMILES string of the molecule is Cc1ccc(SNC23CCC(C(C)O)(CC2)OC3)cc1-c1cnc2c(N)ncnn12. The molecule has 6 rings (SSSR count). The Morgan fingerprint density at radius 3 is 2.77 bits per heavy atom. The summed E-state index contributed by atoms with van der Waals surface area (Å²) in [4.78, 5) is 9.51. The van der Waals surface area contributed by atoms with Gasteiger partial charge in [-0.15, -0.1) is 0 Å². The molecule has 4 heterocycles. The van der Waals surface area contributed by atoms with E-state index in [0.29, 0.717) is 18.1 Å². The van der Waals surface area contributed by atoms with Gasteiger partial charge in [-0.2, -0.15) is 5.10 Å². The fraction of sp³-hybridized carbons (Fsp3) is 0.476. The molecule has 158 valence electrons. The van der Waals surface area contributed by atoms with Crippen molar-refractivity contribution in [2.24, 2.45) is 0 Å². The van der Waals surface area contributed by atoms with Crippen LogP contribution < -0.4 is 10.5 Å². The molecule has 1 aromatic carbocycles. The minimum Gasteiger partial charge on any atom is -0.390 e. The maximum atomic E-state index is 10.1. The van der Waals surface area contributed by atoms with E-state index in [1.54, 1.807) is 22.7 Å². The summed E-state index contributed by atoms with van der Waals surface area (Å²) >= 11 is 1.63. The number of nitrogens with one attached hydrogen (secondary N) is 1. The zero-order valence-electron chi connectivity index (χ0n) is 17.1. The van der Waals surface area contributed by atoms with Gasteiger partial charge in [-0.3, -0.25) is 4.72 Å². The van der Waals surface area contributed by atoms with E-state index >= 15 is 0 Å². The third-order valence-electron chi connectivity index (χ3n) is 6.65. The van der Waals surface area contributed by atoms with Crippen LogP contribution in [-0.4, -0.2) is 48.5 Å². The van der Waals surface area contributed by atoms with Gasteiger partial charge in [0.05, 0.1) is 35.7 Å². The fourth-order valence-electron chi connectivity index (χ4n) is 4.52. The molecule has 4 N–H and O–H groups in total. The molecule has 0 spiro atoms. The van der Waals surface area contributed by atoms with E-state index in [-0.39, 0.29) is 11.1 Å². The van der Waals surface area contributed by atoms with Crippen LogP contribution in [-0.2, 0) is 4.74 Å². The van der Waals surface area contributed by atoms with Crippen LogP contribution in [0, 0.1) is 6.92 Å². The second kappa shape index (κ2) is 7.19. The van der Waals surface area contributed by atoms with Gasteiger partial charge in [0.15, 0.2) is 11.5 Å². The number of fused-ring (bicyclic) bond motifs is 4. The molecular weight excluding hydrogens is 400 g/mol. The summed E-state index contributed by atoms with van der Waals surface area (Å²) in [6.07, 6.45) is 6.60. The minimum atomic E-state index is -0.425. The zero-order chi connectivity index (χ0) is 20.9. The predicted molar refractivity (Wildman–Crippen MR) is 116 cm³/mol. The Morgan fingerprint density at radius 2 is 2.07 bits per heavy atom. The number of nitrogens with zero attached hydrogens (tertiary/aromatic N) is 4. The number of ether oxygens (including phenoxy) is 1. The molecule has 9 heteroatoms. The molecule has 30 heavy (non-hydrogen) atoms. The van der Waals surface area contributed by atoms with Crippen LogP contribution in [0.3, 0.4) is 0 Å². The largest absolute Gasteiger partial charge is 0.390 e. The van der Waals surface area contributed by atoms with Crippen LogP contribution in [0.2, 0.25) is 0 Å². The lowest BCUT2D eigenvalue weighted by Gasteiger charge is -2.54. The Balaban J connectivity index is 1.37. The third-order valence-corrected chi connectivity index (χ3v) is 7.68. The van der Waals surface area contributed by atoms with Crippen molar-refractivity contribution in [1.82, 2.24) is 24.3 Å². The van der Waals surface area contributed by atoms with Crippen molar-refractivity contribution in [2.75, 3.05) is 12.3 Å². The molecule has 1 aliphatic carbocycles. The van der Waals surface area contributed by atoms with Crippen molar-refractivity contribution in [3.05, 3.63) is 36.3 Å². The number of rotatable bonds is 5. The molecule has 2 bridgehead atoms. The van der Waals surface area contributed by atoms with Crippen molar-refractivity contribution >= 4 is 23.4 Å². The van der Waals surface area contributed by atoms with Gasteiger partial charge < -0.3 is 15.6 Å². The number of nitrogens with two attached hydrogens (primary N) is 1. The number of hydrogen-bond donors (Lipinski definition) is 3. The van der Waals surface area contributed by atoms with E-state index in [0.717, 1.165) is 47.4 Å². The lowest BCUT2D eigenvalue weighted by molar-refractivity contribution is -0.200. The summed E-state index contributed by atoms with van der Waals surface area (Å²) in [7, 11) is 0. The summed E-state index contributed by atoms with van der Waals surface area (Å²) in [5.74, 6) is 0.364. The Labute approximate surface area is 179 Å². The van der Waals surface area contributed by atoms with Gasteiger partial charge in [-0.05, 0) is 69.2 Å². The molecule has 2 saturated heterocycles. The van der Waals surface area contributed by atoms with Crippen LogP contribution in [0.1, 0.15) is 38.2 Å². The number of anilines is 1. The van der Waals surface area contributed by atoms with Crippen molar-refractivity contribution in [3.8, 4) is 11.3 Å². The van der Waals surface area contributed by atoms with Crippen LogP contribution in [0.4, 0.5) is 5.82 Å². The molecule has 8 nitrogen and oxygen atoms in total.